The molecule has 0 spiro atoms. The van der Waals surface area contributed by atoms with Gasteiger partial charge in [0.05, 0.1) is 5.71 Å². The molecule has 2 nitrogen and oxygen atoms in total. The second-order valence-electron chi connectivity index (χ2n) is 4.21. The number of aryl methyl sites for hydroxylation is 1. The normalized spacial score (nSPS) is 16.1. The van der Waals surface area contributed by atoms with Crippen LogP contribution in [-0.2, 0) is 6.42 Å². The quantitative estimate of drug-likeness (QED) is 0.851. The molecule has 1 aromatic carbocycles. The van der Waals surface area contributed by atoms with Crippen LogP contribution in [0.15, 0.2) is 35.5 Å². The molecule has 1 aliphatic rings. The topological polar surface area (TPSA) is 32.6 Å². The van der Waals surface area contributed by atoms with E-state index in [9.17, 15) is 9.50 Å². The second-order valence-corrected chi connectivity index (χ2v) is 4.21. The van der Waals surface area contributed by atoms with Crippen molar-refractivity contribution < 1.29 is 9.50 Å². The Morgan fingerprint density at radius 2 is 2.29 bits per heavy atom. The first-order valence-corrected chi connectivity index (χ1v) is 5.90. The summed E-state index contributed by atoms with van der Waals surface area (Å²) in [6.45, 7) is 2.04. The van der Waals surface area contributed by atoms with Crippen molar-refractivity contribution in [3.63, 3.8) is 0 Å². The molecule has 0 bridgehead atoms. The summed E-state index contributed by atoms with van der Waals surface area (Å²) in [6.07, 6.45) is 5.25. The first-order chi connectivity index (χ1) is 8.22. The van der Waals surface area contributed by atoms with E-state index < -0.39 is 6.10 Å². The highest BCUT2D eigenvalue weighted by Crippen LogP contribution is 2.24. The number of allylic oxidation sites excluding steroid dienone is 1. The summed E-state index contributed by atoms with van der Waals surface area (Å²) in [4.78, 5) is 4.13. The van der Waals surface area contributed by atoms with Crippen molar-refractivity contribution in [2.45, 2.75) is 32.3 Å². The van der Waals surface area contributed by atoms with Crippen LogP contribution in [0.5, 0.6) is 0 Å². The van der Waals surface area contributed by atoms with Gasteiger partial charge in [0.15, 0.2) is 0 Å². The van der Waals surface area contributed by atoms with Crippen molar-refractivity contribution >= 4 is 5.71 Å². The molecule has 1 heterocycles. The highest BCUT2D eigenvalue weighted by Gasteiger charge is 2.19. The maximum absolute atomic E-state index is 13.2. The third kappa shape index (κ3) is 2.61. The lowest BCUT2D eigenvalue weighted by atomic mass is 9.95. The molecule has 0 aromatic heterocycles. The van der Waals surface area contributed by atoms with Gasteiger partial charge in [-0.2, -0.15) is 0 Å². The van der Waals surface area contributed by atoms with Crippen molar-refractivity contribution in [3.05, 3.63) is 47.4 Å². The molecular formula is C14H16FNO. The standard InChI is InChI=1S/C14H16FNO/c1-2-4-10-9-11(15)6-7-12(10)14(17)13-5-3-8-16-13/h3,6-9,14,17H,2,4-5H2,1H3/t14-/m0/s1. The highest BCUT2D eigenvalue weighted by atomic mass is 19.1. The highest BCUT2D eigenvalue weighted by molar-refractivity contribution is 5.92. The molecule has 0 amide bonds. The van der Waals surface area contributed by atoms with E-state index in [-0.39, 0.29) is 5.82 Å². The van der Waals surface area contributed by atoms with Crippen molar-refractivity contribution in [1.29, 1.82) is 0 Å². The van der Waals surface area contributed by atoms with Gasteiger partial charge >= 0.3 is 0 Å². The molecule has 2 rings (SSSR count). The lowest BCUT2D eigenvalue weighted by Crippen LogP contribution is -2.12. The van der Waals surface area contributed by atoms with Gasteiger partial charge in [-0.25, -0.2) is 4.39 Å². The van der Waals surface area contributed by atoms with E-state index in [1.165, 1.54) is 12.1 Å². The Kier molecular flexibility index (Phi) is 3.69. The molecule has 3 heteroatoms. The van der Waals surface area contributed by atoms with Gasteiger partial charge in [0, 0.05) is 12.6 Å². The van der Waals surface area contributed by atoms with Gasteiger partial charge < -0.3 is 5.11 Å². The van der Waals surface area contributed by atoms with Crippen LogP contribution < -0.4 is 0 Å². The zero-order valence-corrected chi connectivity index (χ0v) is 9.86. The third-order valence-electron chi connectivity index (χ3n) is 2.91. The minimum atomic E-state index is -0.716. The van der Waals surface area contributed by atoms with Crippen LogP contribution in [0.1, 0.15) is 37.0 Å². The van der Waals surface area contributed by atoms with Gasteiger partial charge in [-0.15, -0.1) is 0 Å². The molecule has 1 aromatic rings. The number of hydrogen-bond donors (Lipinski definition) is 1. The van der Waals surface area contributed by atoms with E-state index in [1.807, 2.05) is 13.0 Å². The number of benzene rings is 1. The van der Waals surface area contributed by atoms with E-state index in [0.717, 1.165) is 29.7 Å². The lowest BCUT2D eigenvalue weighted by molar-refractivity contribution is 0.244. The Labute approximate surface area is 101 Å². The first-order valence-electron chi connectivity index (χ1n) is 5.90. The van der Waals surface area contributed by atoms with Crippen molar-refractivity contribution in [2.75, 3.05) is 0 Å². The second kappa shape index (κ2) is 5.23. The Bertz CT molecular complexity index is 465. The van der Waals surface area contributed by atoms with Gasteiger partial charge in [0.1, 0.15) is 11.9 Å². The molecule has 17 heavy (non-hydrogen) atoms. The predicted octanol–water partition coefficient (Wildman–Crippen LogP) is 3.17. The fourth-order valence-electron chi connectivity index (χ4n) is 2.06. The minimum absolute atomic E-state index is 0.254. The minimum Gasteiger partial charge on any atom is -0.382 e. The third-order valence-corrected chi connectivity index (χ3v) is 2.91. The molecule has 0 aliphatic carbocycles. The number of rotatable bonds is 4. The Balaban J connectivity index is 2.30. The summed E-state index contributed by atoms with van der Waals surface area (Å²) in [5, 5.41) is 10.2. The lowest BCUT2D eigenvalue weighted by Gasteiger charge is -2.15. The molecule has 0 saturated heterocycles. The summed E-state index contributed by atoms with van der Waals surface area (Å²) >= 11 is 0. The molecule has 90 valence electrons. The van der Waals surface area contributed by atoms with E-state index >= 15 is 0 Å². The van der Waals surface area contributed by atoms with Crippen LogP contribution in [0.25, 0.3) is 0 Å². The van der Waals surface area contributed by atoms with Crippen LogP contribution in [0.3, 0.4) is 0 Å². The van der Waals surface area contributed by atoms with Gasteiger partial charge in [-0.05, 0) is 29.7 Å². The van der Waals surface area contributed by atoms with Gasteiger partial charge in [-0.1, -0.05) is 25.5 Å². The maximum Gasteiger partial charge on any atom is 0.123 e. The predicted molar refractivity (Wildman–Crippen MR) is 66.5 cm³/mol. The zero-order chi connectivity index (χ0) is 12.3. The first kappa shape index (κ1) is 12.0. The van der Waals surface area contributed by atoms with Crippen LogP contribution >= 0.6 is 0 Å². The van der Waals surface area contributed by atoms with Crippen LogP contribution in [0, 0.1) is 5.82 Å². The summed E-state index contributed by atoms with van der Waals surface area (Å²) in [6, 6.07) is 4.55. The largest absolute Gasteiger partial charge is 0.382 e. The van der Waals surface area contributed by atoms with Crippen LogP contribution in [0.4, 0.5) is 4.39 Å². The van der Waals surface area contributed by atoms with E-state index in [0.29, 0.717) is 6.42 Å². The van der Waals surface area contributed by atoms with Gasteiger partial charge in [0.25, 0.3) is 0 Å². The monoisotopic (exact) mass is 233 g/mol. The smallest absolute Gasteiger partial charge is 0.123 e. The van der Waals surface area contributed by atoms with E-state index in [2.05, 4.69) is 4.99 Å². The maximum atomic E-state index is 13.2. The molecule has 1 atom stereocenters. The van der Waals surface area contributed by atoms with Crippen LogP contribution in [-0.4, -0.2) is 10.8 Å². The average Bonchev–Trinajstić information content (AvgIpc) is 2.82. The number of aliphatic imine (C=N–C) groups is 1. The van der Waals surface area contributed by atoms with Crippen LogP contribution in [0.2, 0.25) is 0 Å². The number of halogens is 1. The Morgan fingerprint density at radius 1 is 1.47 bits per heavy atom. The molecule has 1 aliphatic heterocycles. The molecule has 0 saturated carbocycles. The molecular weight excluding hydrogens is 217 g/mol. The van der Waals surface area contributed by atoms with Gasteiger partial charge in [-0.3, -0.25) is 4.99 Å². The zero-order valence-electron chi connectivity index (χ0n) is 9.86. The SMILES string of the molecule is CCCc1cc(F)ccc1[C@H](O)C1=NC=CC1. The van der Waals surface area contributed by atoms with Crippen molar-refractivity contribution in [3.8, 4) is 0 Å². The summed E-state index contributed by atoms with van der Waals surface area (Å²) in [5.74, 6) is -0.254. The fourth-order valence-corrected chi connectivity index (χ4v) is 2.06. The summed E-state index contributed by atoms with van der Waals surface area (Å²) in [7, 11) is 0. The Morgan fingerprint density at radius 3 is 2.94 bits per heavy atom. The van der Waals surface area contributed by atoms with E-state index in [4.69, 9.17) is 0 Å². The Hall–Kier alpha value is -1.48. The summed E-state index contributed by atoms with van der Waals surface area (Å²) in [5.41, 5.74) is 2.37. The number of aliphatic hydroxyl groups excluding tert-OH is 1. The molecule has 0 fully saturated rings. The number of hydrogen-bond acceptors (Lipinski definition) is 2. The van der Waals surface area contributed by atoms with Gasteiger partial charge in [0.2, 0.25) is 0 Å². The summed E-state index contributed by atoms with van der Waals surface area (Å²) < 4.78 is 13.2. The molecule has 1 N–H and O–H groups in total. The number of nitrogens with zero attached hydrogens (tertiary/aromatic N) is 1. The van der Waals surface area contributed by atoms with Crippen molar-refractivity contribution in [1.82, 2.24) is 0 Å². The molecule has 0 radical (unpaired) electrons. The molecule has 0 unspecified atom stereocenters. The average molecular weight is 233 g/mol. The number of aliphatic hydroxyl groups is 1. The van der Waals surface area contributed by atoms with E-state index in [1.54, 1.807) is 12.3 Å². The van der Waals surface area contributed by atoms with Crippen molar-refractivity contribution in [2.24, 2.45) is 4.99 Å². The fraction of sp³-hybridized carbons (Fsp3) is 0.357.